The SMILES string of the molecule is CCC1CCC(O)C(N(CCN(C)C)CC(C)C)C1. The Balaban J connectivity index is 2.64. The van der Waals surface area contributed by atoms with Crippen LogP contribution in [0.5, 0.6) is 0 Å². The lowest BCUT2D eigenvalue weighted by Crippen LogP contribution is -2.50. The first-order valence-corrected chi connectivity index (χ1v) is 8.00. The Morgan fingerprint density at radius 2 is 1.84 bits per heavy atom. The van der Waals surface area contributed by atoms with E-state index < -0.39 is 0 Å². The van der Waals surface area contributed by atoms with Crippen LogP contribution in [0.2, 0.25) is 0 Å². The zero-order valence-corrected chi connectivity index (χ0v) is 13.6. The lowest BCUT2D eigenvalue weighted by Gasteiger charge is -2.41. The molecule has 0 aliphatic heterocycles. The van der Waals surface area contributed by atoms with E-state index in [4.69, 9.17) is 0 Å². The fourth-order valence-electron chi connectivity index (χ4n) is 3.17. The maximum Gasteiger partial charge on any atom is 0.0695 e. The monoisotopic (exact) mass is 270 g/mol. The second kappa shape index (κ2) is 8.23. The molecule has 1 saturated carbocycles. The van der Waals surface area contributed by atoms with Crippen molar-refractivity contribution < 1.29 is 5.11 Å². The molecule has 0 aromatic rings. The van der Waals surface area contributed by atoms with Gasteiger partial charge in [0.15, 0.2) is 0 Å². The Kier molecular flexibility index (Phi) is 7.33. The molecule has 1 rings (SSSR count). The van der Waals surface area contributed by atoms with E-state index in [-0.39, 0.29) is 6.10 Å². The standard InChI is InChI=1S/C16H34N2O/c1-6-14-7-8-16(19)15(11-14)18(12-13(2)3)10-9-17(4)5/h13-16,19H,6-12H2,1-5H3. The average Bonchev–Trinajstić information content (AvgIpc) is 2.34. The molecule has 0 radical (unpaired) electrons. The molecule has 1 N–H and O–H groups in total. The quantitative estimate of drug-likeness (QED) is 0.770. The first-order chi connectivity index (χ1) is 8.93. The molecule has 114 valence electrons. The van der Waals surface area contributed by atoms with Crippen molar-refractivity contribution >= 4 is 0 Å². The third kappa shape index (κ3) is 5.80. The molecule has 3 atom stereocenters. The third-order valence-electron chi connectivity index (χ3n) is 4.37. The van der Waals surface area contributed by atoms with Gasteiger partial charge in [-0.25, -0.2) is 0 Å². The minimum absolute atomic E-state index is 0.122. The Morgan fingerprint density at radius 1 is 1.16 bits per heavy atom. The van der Waals surface area contributed by atoms with Crippen molar-refractivity contribution in [3.8, 4) is 0 Å². The molecule has 1 aliphatic rings. The number of hydrogen-bond acceptors (Lipinski definition) is 3. The van der Waals surface area contributed by atoms with Crippen molar-refractivity contribution in [1.82, 2.24) is 9.80 Å². The average molecular weight is 270 g/mol. The highest BCUT2D eigenvalue weighted by atomic mass is 16.3. The summed E-state index contributed by atoms with van der Waals surface area (Å²) in [6, 6.07) is 0.376. The summed E-state index contributed by atoms with van der Waals surface area (Å²) < 4.78 is 0. The summed E-state index contributed by atoms with van der Waals surface area (Å²) in [6.07, 6.45) is 4.50. The van der Waals surface area contributed by atoms with Crippen LogP contribution in [0.15, 0.2) is 0 Å². The summed E-state index contributed by atoms with van der Waals surface area (Å²) in [4.78, 5) is 4.77. The summed E-state index contributed by atoms with van der Waals surface area (Å²) >= 11 is 0. The summed E-state index contributed by atoms with van der Waals surface area (Å²) in [7, 11) is 4.25. The van der Waals surface area contributed by atoms with Crippen molar-refractivity contribution in [3.63, 3.8) is 0 Å². The Bertz CT molecular complexity index is 243. The predicted molar refractivity (Wildman–Crippen MR) is 82.4 cm³/mol. The second-order valence-corrected chi connectivity index (χ2v) is 6.91. The van der Waals surface area contributed by atoms with Crippen molar-refractivity contribution in [2.45, 2.75) is 58.6 Å². The highest BCUT2D eigenvalue weighted by molar-refractivity contribution is 4.87. The van der Waals surface area contributed by atoms with Crippen LogP contribution < -0.4 is 0 Å². The second-order valence-electron chi connectivity index (χ2n) is 6.91. The van der Waals surface area contributed by atoms with Gasteiger partial charge in [0.05, 0.1) is 6.10 Å². The van der Waals surface area contributed by atoms with Gasteiger partial charge in [-0.2, -0.15) is 0 Å². The molecule has 0 saturated heterocycles. The Morgan fingerprint density at radius 3 is 2.37 bits per heavy atom. The number of aliphatic hydroxyl groups excluding tert-OH is 1. The molecule has 19 heavy (non-hydrogen) atoms. The molecule has 0 bridgehead atoms. The van der Waals surface area contributed by atoms with Gasteiger partial charge in [0, 0.05) is 25.7 Å². The van der Waals surface area contributed by atoms with E-state index in [1.165, 1.54) is 19.3 Å². The predicted octanol–water partition coefficient (Wildman–Crippen LogP) is 2.45. The molecule has 1 aliphatic carbocycles. The van der Waals surface area contributed by atoms with E-state index in [0.717, 1.165) is 32.0 Å². The first kappa shape index (κ1) is 16.9. The molecule has 0 heterocycles. The molecule has 0 amide bonds. The Labute approximate surface area is 120 Å². The maximum atomic E-state index is 10.4. The number of hydrogen-bond donors (Lipinski definition) is 1. The van der Waals surface area contributed by atoms with Crippen molar-refractivity contribution in [2.24, 2.45) is 11.8 Å². The normalized spacial score (nSPS) is 28.6. The van der Waals surface area contributed by atoms with E-state index in [1.807, 2.05) is 0 Å². The highest BCUT2D eigenvalue weighted by Crippen LogP contribution is 2.30. The molecule has 0 aromatic carbocycles. The summed E-state index contributed by atoms with van der Waals surface area (Å²) in [5.41, 5.74) is 0. The molecular weight excluding hydrogens is 236 g/mol. The number of aliphatic hydroxyl groups is 1. The van der Waals surface area contributed by atoms with Gasteiger partial charge in [-0.3, -0.25) is 4.90 Å². The van der Waals surface area contributed by atoms with Crippen LogP contribution in [0.3, 0.4) is 0 Å². The molecule has 3 heteroatoms. The van der Waals surface area contributed by atoms with Gasteiger partial charge < -0.3 is 10.0 Å². The molecule has 0 spiro atoms. The van der Waals surface area contributed by atoms with Crippen molar-refractivity contribution in [1.29, 1.82) is 0 Å². The zero-order valence-electron chi connectivity index (χ0n) is 13.6. The minimum Gasteiger partial charge on any atom is -0.391 e. The van der Waals surface area contributed by atoms with Crippen molar-refractivity contribution in [3.05, 3.63) is 0 Å². The van der Waals surface area contributed by atoms with E-state index >= 15 is 0 Å². The number of nitrogens with zero attached hydrogens (tertiary/aromatic N) is 2. The van der Waals surface area contributed by atoms with Crippen LogP contribution in [0.4, 0.5) is 0 Å². The third-order valence-corrected chi connectivity index (χ3v) is 4.37. The van der Waals surface area contributed by atoms with Crippen LogP contribution in [0, 0.1) is 11.8 Å². The Hall–Kier alpha value is -0.120. The largest absolute Gasteiger partial charge is 0.391 e. The van der Waals surface area contributed by atoms with Gasteiger partial charge >= 0.3 is 0 Å². The fourth-order valence-corrected chi connectivity index (χ4v) is 3.17. The van der Waals surface area contributed by atoms with E-state index in [9.17, 15) is 5.11 Å². The maximum absolute atomic E-state index is 10.4. The smallest absolute Gasteiger partial charge is 0.0695 e. The van der Waals surface area contributed by atoms with Crippen LogP contribution in [0.25, 0.3) is 0 Å². The van der Waals surface area contributed by atoms with Crippen LogP contribution >= 0.6 is 0 Å². The van der Waals surface area contributed by atoms with Gasteiger partial charge in [0.1, 0.15) is 0 Å². The fraction of sp³-hybridized carbons (Fsp3) is 1.00. The van der Waals surface area contributed by atoms with E-state index in [1.54, 1.807) is 0 Å². The van der Waals surface area contributed by atoms with Crippen molar-refractivity contribution in [2.75, 3.05) is 33.7 Å². The van der Waals surface area contributed by atoms with Gasteiger partial charge in [-0.05, 0) is 45.2 Å². The van der Waals surface area contributed by atoms with Gasteiger partial charge in [0.2, 0.25) is 0 Å². The molecule has 3 unspecified atom stereocenters. The first-order valence-electron chi connectivity index (χ1n) is 8.00. The van der Waals surface area contributed by atoms with Crippen LogP contribution in [-0.2, 0) is 0 Å². The molecule has 3 nitrogen and oxygen atoms in total. The van der Waals surface area contributed by atoms with E-state index in [2.05, 4.69) is 44.7 Å². The molecule has 1 fully saturated rings. The number of rotatable bonds is 7. The van der Waals surface area contributed by atoms with E-state index in [0.29, 0.717) is 12.0 Å². The van der Waals surface area contributed by atoms with Gasteiger partial charge in [-0.1, -0.05) is 27.2 Å². The summed E-state index contributed by atoms with van der Waals surface area (Å²) in [5.74, 6) is 1.47. The minimum atomic E-state index is -0.122. The molecular formula is C16H34N2O. The topological polar surface area (TPSA) is 26.7 Å². The number of likely N-dealkylation sites (N-methyl/N-ethyl adjacent to an activating group) is 1. The van der Waals surface area contributed by atoms with Crippen LogP contribution in [-0.4, -0.2) is 60.8 Å². The lowest BCUT2D eigenvalue weighted by molar-refractivity contribution is -0.00429. The summed E-state index contributed by atoms with van der Waals surface area (Å²) in [5, 5.41) is 10.4. The zero-order chi connectivity index (χ0) is 14.4. The summed E-state index contributed by atoms with van der Waals surface area (Å²) in [6.45, 7) is 10.1. The highest BCUT2D eigenvalue weighted by Gasteiger charge is 2.32. The molecule has 0 aromatic heterocycles. The lowest BCUT2D eigenvalue weighted by atomic mass is 9.81. The van der Waals surface area contributed by atoms with Crippen LogP contribution in [0.1, 0.15) is 46.5 Å². The van der Waals surface area contributed by atoms with Gasteiger partial charge in [0.25, 0.3) is 0 Å². The van der Waals surface area contributed by atoms with Gasteiger partial charge in [-0.15, -0.1) is 0 Å².